The fraction of sp³-hybridized carbons (Fsp3) is 0.556. The Hall–Kier alpha value is -1.27. The van der Waals surface area contributed by atoms with E-state index in [1.807, 2.05) is 24.4 Å². The van der Waals surface area contributed by atoms with Crippen LogP contribution in [0, 0.1) is 0 Å². The monoisotopic (exact) mass is 352 g/mol. The zero-order chi connectivity index (χ0) is 17.2. The third-order valence-corrected chi connectivity index (χ3v) is 5.24. The summed E-state index contributed by atoms with van der Waals surface area (Å²) in [5.74, 6) is 0.715. The van der Waals surface area contributed by atoms with Crippen LogP contribution in [0.4, 0.5) is 0 Å². The minimum absolute atomic E-state index is 0.0780. The summed E-state index contributed by atoms with van der Waals surface area (Å²) >= 11 is 6.36. The molecule has 1 heterocycles. The van der Waals surface area contributed by atoms with Crippen molar-refractivity contribution in [1.82, 2.24) is 5.32 Å². The van der Waals surface area contributed by atoms with Gasteiger partial charge in [-0.15, -0.1) is 0 Å². The highest BCUT2D eigenvalue weighted by molar-refractivity contribution is 6.32. The molecule has 0 aromatic heterocycles. The van der Waals surface area contributed by atoms with Gasteiger partial charge in [0.25, 0.3) is 0 Å². The van der Waals surface area contributed by atoms with Gasteiger partial charge in [-0.3, -0.25) is 0 Å². The Morgan fingerprint density at radius 1 is 1.38 bits per heavy atom. The average Bonchev–Trinajstić information content (AvgIpc) is 2.57. The molecule has 0 bridgehead atoms. The summed E-state index contributed by atoms with van der Waals surface area (Å²) in [6.07, 6.45) is 6.87. The predicted molar refractivity (Wildman–Crippen MR) is 94.8 cm³/mol. The number of hydrogen-bond acceptors (Lipinski definition) is 5. The molecule has 1 atom stereocenters. The Labute approximate surface area is 147 Å². The van der Waals surface area contributed by atoms with E-state index < -0.39 is 11.6 Å². The molecule has 0 amide bonds. The number of benzene rings is 1. The number of halogens is 1. The lowest BCUT2D eigenvalue weighted by atomic mass is 9.77. The molecule has 1 aliphatic carbocycles. The van der Waals surface area contributed by atoms with Crippen molar-refractivity contribution >= 4 is 17.7 Å². The summed E-state index contributed by atoms with van der Waals surface area (Å²) in [7, 11) is 0. The molecule has 5 N–H and O–H groups in total. The molecule has 0 spiro atoms. The van der Waals surface area contributed by atoms with Gasteiger partial charge in [-0.1, -0.05) is 11.6 Å². The first-order chi connectivity index (χ1) is 11.5. The van der Waals surface area contributed by atoms with Gasteiger partial charge < -0.3 is 26.0 Å². The van der Waals surface area contributed by atoms with E-state index in [1.54, 1.807) is 0 Å². The fourth-order valence-electron chi connectivity index (χ4n) is 3.53. The van der Waals surface area contributed by atoms with Gasteiger partial charge in [-0.25, -0.2) is 0 Å². The zero-order valence-electron chi connectivity index (χ0n) is 13.7. The van der Waals surface area contributed by atoms with Crippen molar-refractivity contribution in [3.05, 3.63) is 34.5 Å². The molecule has 2 aliphatic rings. The van der Waals surface area contributed by atoms with E-state index in [0.29, 0.717) is 17.2 Å². The lowest BCUT2D eigenvalue weighted by Gasteiger charge is -2.38. The van der Waals surface area contributed by atoms with Gasteiger partial charge in [-0.2, -0.15) is 0 Å². The molecule has 1 aromatic rings. The maximum absolute atomic E-state index is 9.64. The van der Waals surface area contributed by atoms with Crippen LogP contribution in [-0.2, 0) is 6.54 Å². The number of nitrogens with two attached hydrogens (primary N) is 1. The lowest BCUT2D eigenvalue weighted by Crippen LogP contribution is -2.48. The van der Waals surface area contributed by atoms with E-state index in [2.05, 4.69) is 5.32 Å². The largest absolute Gasteiger partial charge is 0.489 e. The Bertz CT molecular complexity index is 613. The van der Waals surface area contributed by atoms with Crippen molar-refractivity contribution in [2.45, 2.75) is 56.4 Å². The third-order valence-electron chi connectivity index (χ3n) is 4.94. The van der Waals surface area contributed by atoms with E-state index in [4.69, 9.17) is 27.2 Å². The van der Waals surface area contributed by atoms with E-state index in [1.165, 1.54) is 0 Å². The topological polar surface area (TPSA) is 87.7 Å². The van der Waals surface area contributed by atoms with Crippen LogP contribution in [0.25, 0.3) is 6.08 Å². The molecule has 6 heteroatoms. The average molecular weight is 353 g/mol. The molecule has 1 unspecified atom stereocenters. The Kier molecular flexibility index (Phi) is 5.35. The summed E-state index contributed by atoms with van der Waals surface area (Å²) in [5.41, 5.74) is 8.22. The summed E-state index contributed by atoms with van der Waals surface area (Å²) in [6, 6.07) is 3.95. The third kappa shape index (κ3) is 4.03. The van der Waals surface area contributed by atoms with Crippen LogP contribution in [-0.4, -0.2) is 34.6 Å². The summed E-state index contributed by atoms with van der Waals surface area (Å²) in [4.78, 5) is 0. The minimum atomic E-state index is -0.747. The van der Waals surface area contributed by atoms with Gasteiger partial charge in [0, 0.05) is 12.1 Å². The number of nitrogens with one attached hydrogen (secondary N) is 1. The standard InChI is InChI=1S/C18H25ClN2O3/c19-16-7-13-10-21-6-3-12(13)8-17(16)24-15-1-4-18(20,5-2-15)9-14(23)11-22/h3,6-8,14-15,21-23H,1-2,4-5,9-11,20H2. The maximum Gasteiger partial charge on any atom is 0.138 e. The smallest absolute Gasteiger partial charge is 0.138 e. The molecule has 1 saturated carbocycles. The molecule has 1 aromatic carbocycles. The van der Waals surface area contributed by atoms with Crippen molar-refractivity contribution in [2.75, 3.05) is 6.61 Å². The summed E-state index contributed by atoms with van der Waals surface area (Å²) in [5, 5.41) is 22.4. The second kappa shape index (κ2) is 7.31. The molecule has 0 saturated heterocycles. The van der Waals surface area contributed by atoms with Crippen molar-refractivity contribution in [3.63, 3.8) is 0 Å². The number of ether oxygens (including phenoxy) is 1. The highest BCUT2D eigenvalue weighted by atomic mass is 35.5. The van der Waals surface area contributed by atoms with Crippen molar-refractivity contribution in [3.8, 4) is 5.75 Å². The maximum atomic E-state index is 9.64. The quantitative estimate of drug-likeness (QED) is 0.652. The predicted octanol–water partition coefficient (Wildman–Crippen LogP) is 2.18. The molecule has 1 aliphatic heterocycles. The van der Waals surface area contributed by atoms with Crippen LogP contribution < -0.4 is 15.8 Å². The van der Waals surface area contributed by atoms with Gasteiger partial charge >= 0.3 is 0 Å². The molecular weight excluding hydrogens is 328 g/mol. The van der Waals surface area contributed by atoms with Crippen LogP contribution in [0.15, 0.2) is 18.3 Å². The van der Waals surface area contributed by atoms with Gasteiger partial charge in [-0.05, 0) is 67.6 Å². The SMILES string of the molecule is NC1(CC(O)CO)CCC(Oc2cc3c(cc2Cl)CNC=C3)CC1. The molecule has 132 valence electrons. The Morgan fingerprint density at radius 2 is 2.12 bits per heavy atom. The van der Waals surface area contributed by atoms with Gasteiger partial charge in [0.1, 0.15) is 5.75 Å². The highest BCUT2D eigenvalue weighted by Gasteiger charge is 2.34. The minimum Gasteiger partial charge on any atom is -0.489 e. The number of aliphatic hydroxyl groups excluding tert-OH is 2. The summed E-state index contributed by atoms with van der Waals surface area (Å²) in [6.45, 7) is 0.532. The highest BCUT2D eigenvalue weighted by Crippen LogP contribution is 2.36. The van der Waals surface area contributed by atoms with Gasteiger partial charge in [0.15, 0.2) is 0 Å². The van der Waals surface area contributed by atoms with E-state index in [0.717, 1.165) is 43.4 Å². The van der Waals surface area contributed by atoms with Crippen LogP contribution in [0.1, 0.15) is 43.2 Å². The molecule has 1 fully saturated rings. The van der Waals surface area contributed by atoms with Crippen LogP contribution in [0.2, 0.25) is 5.02 Å². The Balaban J connectivity index is 1.62. The number of fused-ring (bicyclic) bond motifs is 1. The van der Waals surface area contributed by atoms with Crippen LogP contribution in [0.5, 0.6) is 5.75 Å². The number of hydrogen-bond donors (Lipinski definition) is 4. The molecule has 5 nitrogen and oxygen atoms in total. The number of aliphatic hydroxyl groups is 2. The normalized spacial score (nSPS) is 27.2. The molecule has 3 rings (SSSR count). The van der Waals surface area contributed by atoms with E-state index in [9.17, 15) is 5.11 Å². The fourth-order valence-corrected chi connectivity index (χ4v) is 3.76. The first-order valence-electron chi connectivity index (χ1n) is 8.46. The van der Waals surface area contributed by atoms with E-state index in [-0.39, 0.29) is 12.7 Å². The Morgan fingerprint density at radius 3 is 2.83 bits per heavy atom. The number of rotatable bonds is 5. The van der Waals surface area contributed by atoms with Gasteiger partial charge in [0.2, 0.25) is 0 Å². The van der Waals surface area contributed by atoms with Crippen molar-refractivity contribution in [2.24, 2.45) is 5.73 Å². The van der Waals surface area contributed by atoms with Gasteiger partial charge in [0.05, 0.1) is 23.8 Å². The summed E-state index contributed by atoms with van der Waals surface area (Å²) < 4.78 is 6.12. The lowest BCUT2D eigenvalue weighted by molar-refractivity contribution is 0.0448. The second-order valence-electron chi connectivity index (χ2n) is 6.92. The second-order valence-corrected chi connectivity index (χ2v) is 7.32. The van der Waals surface area contributed by atoms with Crippen LogP contribution >= 0.6 is 11.6 Å². The first-order valence-corrected chi connectivity index (χ1v) is 8.84. The van der Waals surface area contributed by atoms with Crippen LogP contribution in [0.3, 0.4) is 0 Å². The van der Waals surface area contributed by atoms with Crippen molar-refractivity contribution < 1.29 is 14.9 Å². The first kappa shape index (κ1) is 17.5. The molecule has 24 heavy (non-hydrogen) atoms. The molecular formula is C18H25ClN2O3. The zero-order valence-corrected chi connectivity index (χ0v) is 14.4. The molecule has 0 radical (unpaired) electrons. The van der Waals surface area contributed by atoms with Crippen molar-refractivity contribution in [1.29, 1.82) is 0 Å². The van der Waals surface area contributed by atoms with E-state index >= 15 is 0 Å².